The molecular formula is C18H27NO4. The number of alkyl carbamates (subject to hydrolysis) is 1. The van der Waals surface area contributed by atoms with Crippen molar-refractivity contribution >= 4 is 6.09 Å². The highest BCUT2D eigenvalue weighted by molar-refractivity contribution is 5.68. The van der Waals surface area contributed by atoms with Crippen LogP contribution in [0, 0.1) is 0 Å². The second-order valence-corrected chi connectivity index (χ2v) is 6.19. The van der Waals surface area contributed by atoms with E-state index >= 15 is 0 Å². The molecule has 0 saturated carbocycles. The first-order valence-electron chi connectivity index (χ1n) is 7.79. The molecule has 0 fully saturated rings. The van der Waals surface area contributed by atoms with Gasteiger partial charge < -0.3 is 19.9 Å². The molecule has 0 radical (unpaired) electrons. The third-order valence-electron chi connectivity index (χ3n) is 2.84. The van der Waals surface area contributed by atoms with E-state index in [2.05, 4.69) is 5.32 Å². The van der Waals surface area contributed by atoms with Crippen molar-refractivity contribution in [1.29, 1.82) is 0 Å². The topological polar surface area (TPSA) is 67.8 Å². The predicted octanol–water partition coefficient (Wildman–Crippen LogP) is 3.04. The quantitative estimate of drug-likeness (QED) is 0.570. The average molecular weight is 321 g/mol. The maximum Gasteiger partial charge on any atom is 0.408 e. The molecule has 1 rings (SSSR count). The average Bonchev–Trinajstić information content (AvgIpc) is 2.46. The van der Waals surface area contributed by atoms with Crippen LogP contribution in [0.15, 0.2) is 42.5 Å². The molecule has 1 aromatic rings. The molecule has 1 aromatic carbocycles. The number of hydrogen-bond acceptors (Lipinski definition) is 4. The number of aliphatic hydroxyl groups is 1. The van der Waals surface area contributed by atoms with E-state index in [1.165, 1.54) is 0 Å². The molecule has 0 aliphatic heterocycles. The second kappa shape index (κ2) is 10.0. The van der Waals surface area contributed by atoms with Gasteiger partial charge in [0.05, 0.1) is 19.3 Å². The van der Waals surface area contributed by atoms with Gasteiger partial charge in [0, 0.05) is 6.61 Å². The Bertz CT molecular complexity index is 480. The Morgan fingerprint density at radius 3 is 2.61 bits per heavy atom. The van der Waals surface area contributed by atoms with Crippen molar-refractivity contribution in [1.82, 2.24) is 5.32 Å². The van der Waals surface area contributed by atoms with Crippen molar-refractivity contribution in [3.05, 3.63) is 48.0 Å². The van der Waals surface area contributed by atoms with Crippen LogP contribution in [0.25, 0.3) is 0 Å². The number of carbonyl (C=O) groups is 1. The fraction of sp³-hybridized carbons (Fsp3) is 0.500. The lowest BCUT2D eigenvalue weighted by Gasteiger charge is -2.22. The van der Waals surface area contributed by atoms with Crippen LogP contribution >= 0.6 is 0 Å². The van der Waals surface area contributed by atoms with E-state index in [-0.39, 0.29) is 12.6 Å². The summed E-state index contributed by atoms with van der Waals surface area (Å²) in [6.45, 7) is 6.38. The van der Waals surface area contributed by atoms with E-state index in [0.29, 0.717) is 19.6 Å². The van der Waals surface area contributed by atoms with Crippen molar-refractivity contribution in [2.75, 3.05) is 13.2 Å². The van der Waals surface area contributed by atoms with Gasteiger partial charge in [0.15, 0.2) is 0 Å². The maximum atomic E-state index is 11.7. The van der Waals surface area contributed by atoms with Gasteiger partial charge in [0.2, 0.25) is 0 Å². The molecule has 1 atom stereocenters. The number of benzene rings is 1. The highest BCUT2D eigenvalue weighted by Gasteiger charge is 2.18. The molecule has 0 saturated heterocycles. The summed E-state index contributed by atoms with van der Waals surface area (Å²) in [7, 11) is 0. The van der Waals surface area contributed by atoms with Gasteiger partial charge in [-0.1, -0.05) is 42.5 Å². The van der Waals surface area contributed by atoms with Crippen LogP contribution in [0.4, 0.5) is 4.79 Å². The fourth-order valence-electron chi connectivity index (χ4n) is 1.85. The zero-order chi connectivity index (χ0) is 17.1. The minimum atomic E-state index is -0.545. The van der Waals surface area contributed by atoms with Crippen LogP contribution in [0.1, 0.15) is 32.8 Å². The summed E-state index contributed by atoms with van der Waals surface area (Å²) in [5.41, 5.74) is 0.566. The van der Waals surface area contributed by atoms with Crippen molar-refractivity contribution in [3.8, 4) is 0 Å². The number of nitrogens with one attached hydrogen (secondary N) is 1. The van der Waals surface area contributed by atoms with E-state index in [1.807, 2.05) is 42.5 Å². The smallest absolute Gasteiger partial charge is 0.408 e. The summed E-state index contributed by atoms with van der Waals surface area (Å²) in [6.07, 6.45) is 3.58. The Hall–Kier alpha value is -1.85. The lowest BCUT2D eigenvalue weighted by Crippen LogP contribution is -2.38. The van der Waals surface area contributed by atoms with Gasteiger partial charge in [-0.2, -0.15) is 0 Å². The van der Waals surface area contributed by atoms with Crippen LogP contribution in [-0.4, -0.2) is 36.1 Å². The molecule has 0 bridgehead atoms. The van der Waals surface area contributed by atoms with E-state index in [0.717, 1.165) is 5.56 Å². The molecule has 1 amide bonds. The van der Waals surface area contributed by atoms with Gasteiger partial charge in [-0.15, -0.1) is 0 Å². The Morgan fingerprint density at radius 2 is 2.00 bits per heavy atom. The first-order valence-corrected chi connectivity index (χ1v) is 7.79. The molecule has 0 aliphatic rings. The van der Waals surface area contributed by atoms with E-state index in [1.54, 1.807) is 20.8 Å². The summed E-state index contributed by atoms with van der Waals surface area (Å²) < 4.78 is 10.7. The Labute approximate surface area is 138 Å². The zero-order valence-corrected chi connectivity index (χ0v) is 14.1. The van der Waals surface area contributed by atoms with Crippen LogP contribution in [0.5, 0.6) is 0 Å². The number of hydrogen-bond donors (Lipinski definition) is 2. The fourth-order valence-corrected chi connectivity index (χ4v) is 1.85. The molecule has 128 valence electrons. The first kappa shape index (κ1) is 19.2. The van der Waals surface area contributed by atoms with Crippen LogP contribution in [-0.2, 0) is 16.1 Å². The SMILES string of the molecule is CC(C)(C)OC(=O)NC(/C=C/COCc1ccccc1)CCO. The van der Waals surface area contributed by atoms with Crippen molar-refractivity contribution in [2.45, 2.75) is 45.4 Å². The molecule has 0 spiro atoms. The van der Waals surface area contributed by atoms with Crippen molar-refractivity contribution in [2.24, 2.45) is 0 Å². The largest absolute Gasteiger partial charge is 0.444 e. The van der Waals surface area contributed by atoms with E-state index < -0.39 is 11.7 Å². The van der Waals surface area contributed by atoms with Gasteiger partial charge in [0.1, 0.15) is 5.60 Å². The number of ether oxygens (including phenoxy) is 2. The van der Waals surface area contributed by atoms with E-state index in [4.69, 9.17) is 14.6 Å². The van der Waals surface area contributed by atoms with Crippen molar-refractivity contribution in [3.63, 3.8) is 0 Å². The van der Waals surface area contributed by atoms with Gasteiger partial charge in [0.25, 0.3) is 0 Å². The molecule has 5 nitrogen and oxygen atoms in total. The number of aliphatic hydroxyl groups excluding tert-OH is 1. The number of carbonyl (C=O) groups excluding carboxylic acids is 1. The Morgan fingerprint density at radius 1 is 1.30 bits per heavy atom. The van der Waals surface area contributed by atoms with Gasteiger partial charge >= 0.3 is 6.09 Å². The lowest BCUT2D eigenvalue weighted by molar-refractivity contribution is 0.0509. The van der Waals surface area contributed by atoms with Gasteiger partial charge in [-0.25, -0.2) is 4.79 Å². The molecule has 5 heteroatoms. The molecule has 1 unspecified atom stereocenters. The Kier molecular flexibility index (Phi) is 8.37. The normalized spacial score (nSPS) is 13.0. The summed E-state index contributed by atoms with van der Waals surface area (Å²) in [5.74, 6) is 0. The summed E-state index contributed by atoms with van der Waals surface area (Å²) in [6, 6.07) is 9.62. The zero-order valence-electron chi connectivity index (χ0n) is 14.1. The summed E-state index contributed by atoms with van der Waals surface area (Å²) in [5, 5.41) is 11.8. The molecule has 2 N–H and O–H groups in total. The van der Waals surface area contributed by atoms with Crippen LogP contribution in [0.3, 0.4) is 0 Å². The third kappa shape index (κ3) is 9.71. The summed E-state index contributed by atoms with van der Waals surface area (Å²) >= 11 is 0. The highest BCUT2D eigenvalue weighted by atomic mass is 16.6. The molecule has 0 heterocycles. The molecule has 23 heavy (non-hydrogen) atoms. The summed E-state index contributed by atoms with van der Waals surface area (Å²) in [4.78, 5) is 11.7. The van der Waals surface area contributed by atoms with Crippen LogP contribution in [0.2, 0.25) is 0 Å². The highest BCUT2D eigenvalue weighted by Crippen LogP contribution is 2.07. The first-order chi connectivity index (χ1) is 10.9. The van der Waals surface area contributed by atoms with Crippen LogP contribution < -0.4 is 5.32 Å². The van der Waals surface area contributed by atoms with Gasteiger partial charge in [-0.3, -0.25) is 0 Å². The Balaban J connectivity index is 2.35. The van der Waals surface area contributed by atoms with E-state index in [9.17, 15) is 4.79 Å². The standard InChI is InChI=1S/C18H27NO4/c1-18(2,3)23-17(21)19-16(11-12-20)10-7-13-22-14-15-8-5-4-6-9-15/h4-10,16,20H,11-14H2,1-3H3,(H,19,21)/b10-7+. The lowest BCUT2D eigenvalue weighted by atomic mass is 10.2. The minimum Gasteiger partial charge on any atom is -0.444 e. The molecule has 0 aromatic heterocycles. The third-order valence-corrected chi connectivity index (χ3v) is 2.84. The van der Waals surface area contributed by atoms with Gasteiger partial charge in [-0.05, 0) is 32.8 Å². The second-order valence-electron chi connectivity index (χ2n) is 6.19. The molecule has 0 aliphatic carbocycles. The number of rotatable bonds is 8. The van der Waals surface area contributed by atoms with Crippen molar-refractivity contribution < 1.29 is 19.4 Å². The number of amides is 1. The minimum absolute atomic E-state index is 0.0182. The monoisotopic (exact) mass is 321 g/mol. The molecular weight excluding hydrogens is 294 g/mol. The maximum absolute atomic E-state index is 11.7. The predicted molar refractivity (Wildman–Crippen MR) is 90.1 cm³/mol.